The monoisotopic (exact) mass is 370 g/mol. The van der Waals surface area contributed by atoms with Crippen LogP contribution in [0.15, 0.2) is 23.7 Å². The third-order valence-electron chi connectivity index (χ3n) is 5.48. The zero-order valence-corrected chi connectivity index (χ0v) is 16.3. The topological polar surface area (TPSA) is 48.5 Å². The van der Waals surface area contributed by atoms with Gasteiger partial charge in [-0.05, 0) is 49.9 Å². The first-order valence-electron chi connectivity index (χ1n) is 9.40. The number of anilines is 2. The van der Waals surface area contributed by atoms with E-state index in [1.807, 2.05) is 17.5 Å². The van der Waals surface area contributed by atoms with E-state index in [0.29, 0.717) is 0 Å². The molecular formula is C20H26N4OS. The SMILES string of the molecule is C[C@@H]1CCc2c(C(=O)Nc3ccc(N4CCN(C)CC4)nc3)csc2C1. The van der Waals surface area contributed by atoms with Crippen molar-refractivity contribution in [3.05, 3.63) is 39.7 Å². The van der Waals surface area contributed by atoms with Gasteiger partial charge in [0, 0.05) is 36.4 Å². The maximum absolute atomic E-state index is 12.7. The largest absolute Gasteiger partial charge is 0.354 e. The van der Waals surface area contributed by atoms with E-state index in [1.165, 1.54) is 16.9 Å². The zero-order valence-electron chi connectivity index (χ0n) is 15.5. The second-order valence-electron chi connectivity index (χ2n) is 7.55. The van der Waals surface area contributed by atoms with Gasteiger partial charge in [-0.2, -0.15) is 0 Å². The van der Waals surface area contributed by atoms with Crippen LogP contribution < -0.4 is 10.2 Å². The van der Waals surface area contributed by atoms with Crippen molar-refractivity contribution >= 4 is 28.7 Å². The number of carbonyl (C=O) groups excluding carboxylic acids is 1. The molecule has 26 heavy (non-hydrogen) atoms. The number of fused-ring (bicyclic) bond motifs is 1. The lowest BCUT2D eigenvalue weighted by Gasteiger charge is -2.33. The second-order valence-corrected chi connectivity index (χ2v) is 8.51. The molecule has 0 bridgehead atoms. The number of likely N-dealkylation sites (N-methyl/N-ethyl adjacent to an activating group) is 1. The molecule has 0 saturated carbocycles. The number of pyridine rings is 1. The van der Waals surface area contributed by atoms with Crippen molar-refractivity contribution in [3.63, 3.8) is 0 Å². The fraction of sp³-hybridized carbons (Fsp3) is 0.500. The van der Waals surface area contributed by atoms with E-state index in [-0.39, 0.29) is 5.91 Å². The third-order valence-corrected chi connectivity index (χ3v) is 6.53. The lowest BCUT2D eigenvalue weighted by atomic mass is 9.88. The van der Waals surface area contributed by atoms with Crippen molar-refractivity contribution in [3.8, 4) is 0 Å². The molecule has 0 unspecified atom stereocenters. The quantitative estimate of drug-likeness (QED) is 0.901. The molecule has 5 nitrogen and oxygen atoms in total. The van der Waals surface area contributed by atoms with Gasteiger partial charge in [0.2, 0.25) is 0 Å². The smallest absolute Gasteiger partial charge is 0.256 e. The van der Waals surface area contributed by atoms with Gasteiger partial charge in [0.05, 0.1) is 17.4 Å². The van der Waals surface area contributed by atoms with E-state index in [4.69, 9.17) is 0 Å². The highest BCUT2D eigenvalue weighted by molar-refractivity contribution is 7.10. The van der Waals surface area contributed by atoms with Gasteiger partial charge >= 0.3 is 0 Å². The minimum atomic E-state index is -0.00815. The maximum atomic E-state index is 12.7. The predicted octanol–water partition coefficient (Wildman–Crippen LogP) is 3.27. The van der Waals surface area contributed by atoms with E-state index in [1.54, 1.807) is 17.5 Å². The molecule has 138 valence electrons. The molecule has 1 aliphatic carbocycles. The van der Waals surface area contributed by atoms with Crippen molar-refractivity contribution in [2.45, 2.75) is 26.2 Å². The molecule has 2 aromatic heterocycles. The summed E-state index contributed by atoms with van der Waals surface area (Å²) in [7, 11) is 2.15. The van der Waals surface area contributed by atoms with E-state index in [0.717, 1.165) is 62.0 Å². The Kier molecular flexibility index (Phi) is 4.96. The third kappa shape index (κ3) is 3.62. The molecule has 6 heteroatoms. The summed E-state index contributed by atoms with van der Waals surface area (Å²) in [6.45, 7) is 6.39. The molecule has 1 saturated heterocycles. The van der Waals surface area contributed by atoms with Gasteiger partial charge in [0.25, 0.3) is 5.91 Å². The highest BCUT2D eigenvalue weighted by atomic mass is 32.1. The van der Waals surface area contributed by atoms with Gasteiger partial charge in [-0.3, -0.25) is 4.79 Å². The summed E-state index contributed by atoms with van der Waals surface area (Å²) in [4.78, 5) is 23.3. The zero-order chi connectivity index (χ0) is 18.1. The van der Waals surface area contributed by atoms with Gasteiger partial charge in [-0.25, -0.2) is 4.98 Å². The number of carbonyl (C=O) groups is 1. The minimum Gasteiger partial charge on any atom is -0.354 e. The Morgan fingerprint density at radius 2 is 2.08 bits per heavy atom. The van der Waals surface area contributed by atoms with Crippen LogP contribution >= 0.6 is 11.3 Å². The number of nitrogens with one attached hydrogen (secondary N) is 1. The maximum Gasteiger partial charge on any atom is 0.256 e. The highest BCUT2D eigenvalue weighted by Crippen LogP contribution is 2.33. The van der Waals surface area contributed by atoms with E-state index < -0.39 is 0 Å². The molecule has 1 fully saturated rings. The van der Waals surface area contributed by atoms with Crippen LogP contribution in [0.25, 0.3) is 0 Å². The number of rotatable bonds is 3. The Morgan fingerprint density at radius 3 is 2.81 bits per heavy atom. The average molecular weight is 371 g/mol. The van der Waals surface area contributed by atoms with Crippen molar-refractivity contribution in [1.82, 2.24) is 9.88 Å². The van der Waals surface area contributed by atoms with Crippen LogP contribution in [0.4, 0.5) is 11.5 Å². The molecule has 4 rings (SSSR count). The molecular weight excluding hydrogens is 344 g/mol. The number of hydrogen-bond acceptors (Lipinski definition) is 5. The van der Waals surface area contributed by atoms with Crippen molar-refractivity contribution in [2.75, 3.05) is 43.4 Å². The Labute approximate surface area is 159 Å². The predicted molar refractivity (Wildman–Crippen MR) is 107 cm³/mol. The van der Waals surface area contributed by atoms with Crippen LogP contribution in [0.5, 0.6) is 0 Å². The number of hydrogen-bond donors (Lipinski definition) is 1. The summed E-state index contributed by atoms with van der Waals surface area (Å²) in [5.74, 6) is 1.70. The Balaban J connectivity index is 1.42. The number of nitrogens with zero attached hydrogens (tertiary/aromatic N) is 3. The van der Waals surface area contributed by atoms with Gasteiger partial charge in [0.15, 0.2) is 0 Å². The van der Waals surface area contributed by atoms with Gasteiger partial charge in [0.1, 0.15) is 5.82 Å². The van der Waals surface area contributed by atoms with Gasteiger partial charge < -0.3 is 15.1 Å². The van der Waals surface area contributed by atoms with Crippen LogP contribution in [-0.2, 0) is 12.8 Å². The molecule has 0 radical (unpaired) electrons. The summed E-state index contributed by atoms with van der Waals surface area (Å²) < 4.78 is 0. The molecule has 3 heterocycles. The van der Waals surface area contributed by atoms with Gasteiger partial charge in [-0.1, -0.05) is 6.92 Å². The van der Waals surface area contributed by atoms with Gasteiger partial charge in [-0.15, -0.1) is 11.3 Å². The van der Waals surface area contributed by atoms with E-state index in [9.17, 15) is 4.79 Å². The van der Waals surface area contributed by atoms with Crippen LogP contribution in [-0.4, -0.2) is 49.0 Å². The molecule has 2 aromatic rings. The van der Waals surface area contributed by atoms with Crippen LogP contribution in [0.2, 0.25) is 0 Å². The number of thiophene rings is 1. The summed E-state index contributed by atoms with van der Waals surface area (Å²) >= 11 is 1.73. The first-order valence-corrected chi connectivity index (χ1v) is 10.3. The molecule has 1 aliphatic heterocycles. The van der Waals surface area contributed by atoms with Crippen molar-refractivity contribution in [2.24, 2.45) is 5.92 Å². The summed E-state index contributed by atoms with van der Waals surface area (Å²) in [5, 5.41) is 5.04. The van der Waals surface area contributed by atoms with Crippen molar-refractivity contribution in [1.29, 1.82) is 0 Å². The molecule has 0 aromatic carbocycles. The highest BCUT2D eigenvalue weighted by Gasteiger charge is 2.23. The summed E-state index contributed by atoms with van der Waals surface area (Å²) in [5.41, 5.74) is 2.87. The molecule has 0 spiro atoms. The summed E-state index contributed by atoms with van der Waals surface area (Å²) in [6.07, 6.45) is 5.07. The lowest BCUT2D eigenvalue weighted by molar-refractivity contribution is 0.102. The van der Waals surface area contributed by atoms with Crippen LogP contribution in [0, 0.1) is 5.92 Å². The lowest BCUT2D eigenvalue weighted by Crippen LogP contribution is -2.44. The Hall–Kier alpha value is -1.92. The number of amides is 1. The molecule has 1 atom stereocenters. The second kappa shape index (κ2) is 7.37. The Bertz CT molecular complexity index is 778. The number of aromatic nitrogens is 1. The fourth-order valence-electron chi connectivity index (χ4n) is 3.75. The van der Waals surface area contributed by atoms with Crippen LogP contribution in [0.3, 0.4) is 0 Å². The average Bonchev–Trinajstić information content (AvgIpc) is 3.06. The number of piperazine rings is 1. The summed E-state index contributed by atoms with van der Waals surface area (Å²) in [6, 6.07) is 3.96. The standard InChI is InChI=1S/C20H26N4OS/c1-14-3-5-16-17(13-26-18(16)11-14)20(25)22-15-4-6-19(21-12-15)24-9-7-23(2)8-10-24/h4,6,12-14H,3,5,7-11H2,1-2H3,(H,22,25)/t14-/m1/s1. The molecule has 1 amide bonds. The molecule has 1 N–H and O–H groups in total. The Morgan fingerprint density at radius 1 is 1.27 bits per heavy atom. The first-order chi connectivity index (χ1) is 12.6. The minimum absolute atomic E-state index is 0.00815. The van der Waals surface area contributed by atoms with Crippen LogP contribution in [0.1, 0.15) is 34.1 Å². The fourth-order valence-corrected chi connectivity index (χ4v) is 4.99. The van der Waals surface area contributed by atoms with E-state index >= 15 is 0 Å². The normalized spacial score (nSPS) is 20.7. The first kappa shape index (κ1) is 17.5. The molecule has 2 aliphatic rings. The van der Waals surface area contributed by atoms with Crippen molar-refractivity contribution < 1.29 is 4.79 Å². The van der Waals surface area contributed by atoms with E-state index in [2.05, 4.69) is 34.1 Å².